The minimum Gasteiger partial charge on any atom is -0.481 e. The van der Waals surface area contributed by atoms with E-state index in [-0.39, 0.29) is 43.4 Å². The van der Waals surface area contributed by atoms with Crippen LogP contribution >= 0.6 is 58.0 Å². The molecule has 0 spiro atoms. The second-order valence-electron chi connectivity index (χ2n) is 3.53. The second kappa shape index (κ2) is 8.37. The number of rotatable bonds is 6. The minimum absolute atomic E-state index is 0.00393. The summed E-state index contributed by atoms with van der Waals surface area (Å²) in [6.45, 7) is 0.464. The fraction of sp³-hybridized carbons (Fsp3) is 0.364. The van der Waals surface area contributed by atoms with Crippen LogP contribution in [0.1, 0.15) is 0 Å². The number of carbonyl (C=O) groups excluding carboxylic acids is 1. The summed E-state index contributed by atoms with van der Waals surface area (Å²) >= 11 is 29.5. The molecule has 0 saturated heterocycles. The second-order valence-corrected chi connectivity index (χ2v) is 5.42. The fourth-order valence-corrected chi connectivity index (χ4v) is 2.42. The van der Waals surface area contributed by atoms with Crippen LogP contribution in [0.25, 0.3) is 0 Å². The molecule has 112 valence electrons. The molecule has 0 heterocycles. The van der Waals surface area contributed by atoms with E-state index in [1.807, 2.05) is 0 Å². The maximum absolute atomic E-state index is 11.5. The molecule has 4 nitrogen and oxygen atoms in total. The molecule has 1 aromatic rings. The predicted octanol–water partition coefficient (Wildman–Crippen LogP) is 4.10. The minimum atomic E-state index is -0.364. The number of carbonyl (C=O) groups is 1. The monoisotopic (exact) mass is 379 g/mol. The molecular weight excluding hydrogens is 371 g/mol. The number of methoxy groups -OCH3 is 1. The van der Waals surface area contributed by atoms with Gasteiger partial charge < -0.3 is 14.8 Å². The van der Waals surface area contributed by atoms with E-state index in [4.69, 9.17) is 67.5 Å². The Bertz CT molecular complexity index is 480. The van der Waals surface area contributed by atoms with Gasteiger partial charge in [0.1, 0.15) is 10.0 Å². The SMILES string of the molecule is COCCNC(=O)COc1c(Cl)c(Cl)c(Cl)c(Cl)c1Cl. The van der Waals surface area contributed by atoms with Gasteiger partial charge in [0.05, 0.1) is 21.7 Å². The highest BCUT2D eigenvalue weighted by atomic mass is 35.5. The molecule has 1 amide bonds. The Labute approximate surface area is 141 Å². The fourth-order valence-electron chi connectivity index (χ4n) is 1.19. The van der Waals surface area contributed by atoms with Gasteiger partial charge in [-0.15, -0.1) is 0 Å². The molecule has 1 rings (SSSR count). The van der Waals surface area contributed by atoms with Gasteiger partial charge in [0.15, 0.2) is 12.4 Å². The van der Waals surface area contributed by atoms with Crippen LogP contribution in [-0.2, 0) is 9.53 Å². The Balaban J connectivity index is 2.76. The smallest absolute Gasteiger partial charge is 0.258 e. The molecule has 0 aliphatic carbocycles. The molecule has 20 heavy (non-hydrogen) atoms. The predicted molar refractivity (Wildman–Crippen MR) is 81.9 cm³/mol. The Morgan fingerprint density at radius 2 is 1.50 bits per heavy atom. The highest BCUT2D eigenvalue weighted by molar-refractivity contribution is 6.55. The zero-order valence-corrected chi connectivity index (χ0v) is 14.0. The maximum Gasteiger partial charge on any atom is 0.258 e. The largest absolute Gasteiger partial charge is 0.481 e. The summed E-state index contributed by atoms with van der Waals surface area (Å²) in [5.74, 6) is -0.356. The molecule has 0 aliphatic heterocycles. The first-order chi connectivity index (χ1) is 9.40. The number of halogens is 5. The molecule has 0 atom stereocenters. The molecule has 0 unspecified atom stereocenters. The Morgan fingerprint density at radius 1 is 1.00 bits per heavy atom. The number of hydrogen-bond acceptors (Lipinski definition) is 3. The number of benzene rings is 1. The first-order valence-corrected chi connectivity index (χ1v) is 7.19. The Hall–Kier alpha value is -0.100. The van der Waals surface area contributed by atoms with Crippen molar-refractivity contribution in [2.45, 2.75) is 0 Å². The molecule has 0 aromatic heterocycles. The van der Waals surface area contributed by atoms with Crippen LogP contribution in [-0.4, -0.2) is 32.8 Å². The van der Waals surface area contributed by atoms with Crippen molar-refractivity contribution in [3.05, 3.63) is 25.1 Å². The maximum atomic E-state index is 11.5. The van der Waals surface area contributed by atoms with Crippen LogP contribution in [0.15, 0.2) is 0 Å². The zero-order chi connectivity index (χ0) is 15.3. The van der Waals surface area contributed by atoms with Gasteiger partial charge in [-0.25, -0.2) is 0 Å². The third-order valence-electron chi connectivity index (χ3n) is 2.15. The summed E-state index contributed by atoms with van der Waals surface area (Å²) in [5, 5.41) is 2.61. The first kappa shape index (κ1) is 18.0. The van der Waals surface area contributed by atoms with Crippen LogP contribution in [0.2, 0.25) is 25.1 Å². The average molecular weight is 381 g/mol. The zero-order valence-electron chi connectivity index (χ0n) is 10.2. The third-order valence-corrected chi connectivity index (χ3v) is 4.39. The van der Waals surface area contributed by atoms with Crippen LogP contribution in [0.5, 0.6) is 5.75 Å². The van der Waals surface area contributed by atoms with E-state index in [0.717, 1.165) is 0 Å². The first-order valence-electron chi connectivity index (χ1n) is 5.30. The summed E-state index contributed by atoms with van der Waals surface area (Å²) in [6, 6.07) is 0. The van der Waals surface area contributed by atoms with Crippen molar-refractivity contribution in [2.24, 2.45) is 0 Å². The van der Waals surface area contributed by atoms with Gasteiger partial charge in [-0.1, -0.05) is 58.0 Å². The van der Waals surface area contributed by atoms with Crippen molar-refractivity contribution < 1.29 is 14.3 Å². The normalized spacial score (nSPS) is 10.5. The number of ether oxygens (including phenoxy) is 2. The molecular formula is C11H10Cl5NO3. The van der Waals surface area contributed by atoms with Crippen molar-refractivity contribution in [3.63, 3.8) is 0 Å². The van der Waals surface area contributed by atoms with E-state index in [1.54, 1.807) is 0 Å². The Kier molecular flexibility index (Phi) is 7.51. The molecule has 0 radical (unpaired) electrons. The lowest BCUT2D eigenvalue weighted by Crippen LogP contribution is -2.31. The lowest BCUT2D eigenvalue weighted by atomic mass is 10.3. The van der Waals surface area contributed by atoms with Crippen molar-refractivity contribution >= 4 is 63.9 Å². The standard InChI is InChI=1S/C11H10Cl5NO3/c1-19-3-2-17-5(18)4-20-11-9(15)7(13)6(12)8(14)10(11)16/h2-4H2,1H3,(H,17,18). The molecule has 9 heteroatoms. The molecule has 1 aromatic carbocycles. The quantitative estimate of drug-likeness (QED) is 0.459. The summed E-state index contributed by atoms with van der Waals surface area (Å²) in [7, 11) is 1.53. The summed E-state index contributed by atoms with van der Waals surface area (Å²) in [6.07, 6.45) is 0. The van der Waals surface area contributed by atoms with Gasteiger partial charge in [0, 0.05) is 13.7 Å². The van der Waals surface area contributed by atoms with Crippen molar-refractivity contribution in [1.29, 1.82) is 0 Å². The van der Waals surface area contributed by atoms with E-state index >= 15 is 0 Å². The van der Waals surface area contributed by atoms with Gasteiger partial charge in [-0.3, -0.25) is 4.79 Å². The van der Waals surface area contributed by atoms with Crippen molar-refractivity contribution in [2.75, 3.05) is 26.9 Å². The molecule has 0 saturated carbocycles. The number of amides is 1. The molecule has 0 aliphatic rings. The molecule has 0 fully saturated rings. The van der Waals surface area contributed by atoms with Gasteiger partial charge in [0.2, 0.25) is 0 Å². The van der Waals surface area contributed by atoms with Gasteiger partial charge in [-0.2, -0.15) is 0 Å². The van der Waals surface area contributed by atoms with Gasteiger partial charge in [-0.05, 0) is 0 Å². The van der Waals surface area contributed by atoms with Crippen molar-refractivity contribution in [1.82, 2.24) is 5.32 Å². The molecule has 0 bridgehead atoms. The van der Waals surface area contributed by atoms with Crippen LogP contribution in [0.3, 0.4) is 0 Å². The van der Waals surface area contributed by atoms with E-state index in [9.17, 15) is 4.79 Å². The lowest BCUT2D eigenvalue weighted by Gasteiger charge is -2.13. The number of hydrogen-bond donors (Lipinski definition) is 1. The highest BCUT2D eigenvalue weighted by Gasteiger charge is 2.21. The summed E-state index contributed by atoms with van der Waals surface area (Å²) in [5.41, 5.74) is 0. The van der Waals surface area contributed by atoms with E-state index in [2.05, 4.69) is 5.32 Å². The molecule has 1 N–H and O–H groups in total. The lowest BCUT2D eigenvalue weighted by molar-refractivity contribution is -0.123. The third kappa shape index (κ3) is 4.45. The van der Waals surface area contributed by atoms with E-state index < -0.39 is 0 Å². The van der Waals surface area contributed by atoms with E-state index in [1.165, 1.54) is 7.11 Å². The number of nitrogens with one attached hydrogen (secondary N) is 1. The van der Waals surface area contributed by atoms with Crippen molar-refractivity contribution in [3.8, 4) is 5.75 Å². The van der Waals surface area contributed by atoms with Crippen LogP contribution in [0.4, 0.5) is 0 Å². The van der Waals surface area contributed by atoms with E-state index in [0.29, 0.717) is 13.2 Å². The Morgan fingerprint density at radius 3 is 2.00 bits per heavy atom. The average Bonchev–Trinajstić information content (AvgIpc) is 2.43. The van der Waals surface area contributed by atoms with Gasteiger partial charge in [0.25, 0.3) is 5.91 Å². The topological polar surface area (TPSA) is 47.6 Å². The summed E-state index contributed by atoms with van der Waals surface area (Å²) in [4.78, 5) is 11.5. The van der Waals surface area contributed by atoms with Crippen LogP contribution < -0.4 is 10.1 Å². The summed E-state index contributed by atoms with van der Waals surface area (Å²) < 4.78 is 10.0. The highest BCUT2D eigenvalue weighted by Crippen LogP contribution is 2.48. The van der Waals surface area contributed by atoms with Gasteiger partial charge >= 0.3 is 0 Å². The van der Waals surface area contributed by atoms with Crippen LogP contribution in [0, 0.1) is 0 Å².